The molecule has 0 fully saturated rings. The molecule has 3 rings (SSSR count). The van der Waals surface area contributed by atoms with Crippen LogP contribution in [0.2, 0.25) is 10.0 Å². The number of benzene rings is 2. The van der Waals surface area contributed by atoms with E-state index < -0.39 is 0 Å². The lowest BCUT2D eigenvalue weighted by atomic mass is 9.91. The van der Waals surface area contributed by atoms with Crippen molar-refractivity contribution in [3.8, 4) is 0 Å². The number of halogens is 3. The Hall–Kier alpha value is -1.55. The monoisotopic (exact) mass is 336 g/mol. The summed E-state index contributed by atoms with van der Waals surface area (Å²) < 4.78 is 13.5. The van der Waals surface area contributed by atoms with E-state index in [0.717, 1.165) is 22.0 Å². The Balaban J connectivity index is 1.97. The minimum absolute atomic E-state index is 0.0502. The molecular weight excluding hydrogens is 322 g/mol. The highest BCUT2D eigenvalue weighted by Gasteiger charge is 2.17. The highest BCUT2D eigenvalue weighted by molar-refractivity contribution is 6.35. The van der Waals surface area contributed by atoms with Crippen LogP contribution in [0.1, 0.15) is 17.0 Å². The smallest absolute Gasteiger partial charge is 0.123 e. The normalized spacial score (nSPS) is 12.7. The summed E-state index contributed by atoms with van der Waals surface area (Å²) in [6.45, 7) is 0.447. The number of H-pyrrole nitrogens is 1. The van der Waals surface area contributed by atoms with Crippen LogP contribution >= 0.6 is 23.2 Å². The minimum atomic E-state index is -0.256. The van der Waals surface area contributed by atoms with E-state index in [1.807, 2.05) is 18.3 Å². The largest absolute Gasteiger partial charge is 0.361 e. The molecular formula is C17H15Cl2FN2. The minimum Gasteiger partial charge on any atom is -0.361 e. The maximum absolute atomic E-state index is 13.5. The molecule has 2 nitrogen and oxygen atoms in total. The summed E-state index contributed by atoms with van der Waals surface area (Å²) in [7, 11) is 0. The number of rotatable bonds is 4. The van der Waals surface area contributed by atoms with Gasteiger partial charge in [-0.25, -0.2) is 4.39 Å². The van der Waals surface area contributed by atoms with Gasteiger partial charge >= 0.3 is 0 Å². The van der Waals surface area contributed by atoms with Gasteiger partial charge in [0.25, 0.3) is 0 Å². The molecule has 0 saturated carbocycles. The fraction of sp³-hybridized carbons (Fsp3) is 0.176. The Labute approximate surface area is 138 Å². The molecule has 0 saturated heterocycles. The zero-order chi connectivity index (χ0) is 15.7. The number of hydrogen-bond acceptors (Lipinski definition) is 1. The van der Waals surface area contributed by atoms with Gasteiger partial charge in [-0.1, -0.05) is 29.3 Å². The van der Waals surface area contributed by atoms with Crippen LogP contribution in [0.25, 0.3) is 10.9 Å². The highest BCUT2D eigenvalue weighted by Crippen LogP contribution is 2.31. The molecule has 3 aromatic rings. The van der Waals surface area contributed by atoms with Crippen molar-refractivity contribution < 1.29 is 4.39 Å². The van der Waals surface area contributed by atoms with E-state index in [2.05, 4.69) is 4.98 Å². The van der Waals surface area contributed by atoms with Crippen molar-refractivity contribution in [1.29, 1.82) is 0 Å². The van der Waals surface area contributed by atoms with E-state index >= 15 is 0 Å². The van der Waals surface area contributed by atoms with Crippen molar-refractivity contribution >= 4 is 34.1 Å². The van der Waals surface area contributed by atoms with Crippen molar-refractivity contribution in [3.05, 3.63) is 69.6 Å². The van der Waals surface area contributed by atoms with Crippen molar-refractivity contribution in [2.24, 2.45) is 5.73 Å². The first-order valence-electron chi connectivity index (χ1n) is 6.99. The highest BCUT2D eigenvalue weighted by atomic mass is 35.5. The molecule has 22 heavy (non-hydrogen) atoms. The molecule has 1 aromatic heterocycles. The lowest BCUT2D eigenvalue weighted by molar-refractivity contribution is 0.629. The van der Waals surface area contributed by atoms with Gasteiger partial charge in [-0.05, 0) is 54.4 Å². The zero-order valence-electron chi connectivity index (χ0n) is 11.7. The van der Waals surface area contributed by atoms with E-state index in [-0.39, 0.29) is 11.7 Å². The van der Waals surface area contributed by atoms with Crippen LogP contribution < -0.4 is 5.73 Å². The van der Waals surface area contributed by atoms with Crippen LogP contribution in [-0.4, -0.2) is 11.5 Å². The van der Waals surface area contributed by atoms with E-state index in [1.54, 1.807) is 12.1 Å². The second-order valence-electron chi connectivity index (χ2n) is 5.31. The summed E-state index contributed by atoms with van der Waals surface area (Å²) >= 11 is 12.2. The second-order valence-corrected chi connectivity index (χ2v) is 6.15. The lowest BCUT2D eigenvalue weighted by Crippen LogP contribution is -2.15. The molecule has 2 aromatic carbocycles. The van der Waals surface area contributed by atoms with Gasteiger partial charge < -0.3 is 10.7 Å². The SMILES string of the molecule is NCC(Cc1ccc(Cl)cc1Cl)c1c[nH]c2ccc(F)cc12. The Bertz CT molecular complexity index is 814. The molecule has 1 heterocycles. The Morgan fingerprint density at radius 1 is 1.14 bits per heavy atom. The van der Waals surface area contributed by atoms with Crippen LogP contribution in [0.4, 0.5) is 4.39 Å². The predicted octanol–water partition coefficient (Wildman–Crippen LogP) is 4.90. The van der Waals surface area contributed by atoms with Crippen molar-refractivity contribution in [2.45, 2.75) is 12.3 Å². The Morgan fingerprint density at radius 3 is 2.68 bits per heavy atom. The van der Waals surface area contributed by atoms with Gasteiger partial charge in [0.05, 0.1) is 0 Å². The zero-order valence-corrected chi connectivity index (χ0v) is 13.3. The number of fused-ring (bicyclic) bond motifs is 1. The third-order valence-corrected chi connectivity index (χ3v) is 4.47. The number of hydrogen-bond donors (Lipinski definition) is 2. The van der Waals surface area contributed by atoms with Crippen LogP contribution in [0.3, 0.4) is 0 Å². The first kappa shape index (κ1) is 15.3. The molecule has 5 heteroatoms. The Kier molecular flexibility index (Phi) is 4.39. The first-order valence-corrected chi connectivity index (χ1v) is 7.74. The average Bonchev–Trinajstić information content (AvgIpc) is 2.89. The van der Waals surface area contributed by atoms with Gasteiger partial charge in [0.2, 0.25) is 0 Å². The van der Waals surface area contributed by atoms with Gasteiger partial charge in [0, 0.05) is 33.1 Å². The maximum Gasteiger partial charge on any atom is 0.123 e. The third kappa shape index (κ3) is 2.98. The van der Waals surface area contributed by atoms with Crippen molar-refractivity contribution in [1.82, 2.24) is 4.98 Å². The van der Waals surface area contributed by atoms with E-state index in [9.17, 15) is 4.39 Å². The van der Waals surface area contributed by atoms with Crippen molar-refractivity contribution in [2.75, 3.05) is 6.54 Å². The average molecular weight is 337 g/mol. The van der Waals surface area contributed by atoms with Crippen LogP contribution in [-0.2, 0) is 6.42 Å². The standard InChI is InChI=1S/C17H15Cl2FN2/c18-12-2-1-10(16(19)6-12)5-11(8-21)15-9-22-17-4-3-13(20)7-14(15)17/h1-4,6-7,9,11,22H,5,8,21H2. The quantitative estimate of drug-likeness (QED) is 0.699. The molecule has 1 unspecified atom stereocenters. The number of aromatic nitrogens is 1. The van der Waals surface area contributed by atoms with Gasteiger partial charge in [-0.15, -0.1) is 0 Å². The molecule has 0 aliphatic carbocycles. The fourth-order valence-corrected chi connectivity index (χ4v) is 3.21. The lowest BCUT2D eigenvalue weighted by Gasteiger charge is -2.15. The third-order valence-electron chi connectivity index (χ3n) is 3.88. The Morgan fingerprint density at radius 2 is 1.95 bits per heavy atom. The number of aromatic amines is 1. The van der Waals surface area contributed by atoms with E-state index in [4.69, 9.17) is 28.9 Å². The summed E-state index contributed by atoms with van der Waals surface area (Å²) in [5, 5.41) is 2.09. The summed E-state index contributed by atoms with van der Waals surface area (Å²) in [6.07, 6.45) is 2.57. The van der Waals surface area contributed by atoms with Gasteiger partial charge in [0.1, 0.15) is 5.82 Å². The molecule has 0 amide bonds. The molecule has 0 aliphatic heterocycles. The molecule has 0 spiro atoms. The van der Waals surface area contributed by atoms with Gasteiger partial charge in [0.15, 0.2) is 0 Å². The fourth-order valence-electron chi connectivity index (χ4n) is 2.73. The summed E-state index contributed by atoms with van der Waals surface area (Å²) in [5.41, 5.74) is 8.83. The summed E-state index contributed by atoms with van der Waals surface area (Å²) in [6, 6.07) is 10.1. The summed E-state index contributed by atoms with van der Waals surface area (Å²) in [5.74, 6) is -0.206. The molecule has 0 radical (unpaired) electrons. The van der Waals surface area contributed by atoms with Crippen LogP contribution in [0.5, 0.6) is 0 Å². The molecule has 1 atom stereocenters. The summed E-state index contributed by atoms with van der Waals surface area (Å²) in [4.78, 5) is 3.16. The number of nitrogens with one attached hydrogen (secondary N) is 1. The van der Waals surface area contributed by atoms with Crippen LogP contribution in [0, 0.1) is 5.82 Å². The molecule has 3 N–H and O–H groups in total. The second kappa shape index (κ2) is 6.29. The molecule has 114 valence electrons. The maximum atomic E-state index is 13.5. The predicted molar refractivity (Wildman–Crippen MR) is 90.2 cm³/mol. The van der Waals surface area contributed by atoms with Crippen molar-refractivity contribution in [3.63, 3.8) is 0 Å². The van der Waals surface area contributed by atoms with Crippen LogP contribution in [0.15, 0.2) is 42.6 Å². The topological polar surface area (TPSA) is 41.8 Å². The van der Waals surface area contributed by atoms with Gasteiger partial charge in [-0.2, -0.15) is 0 Å². The number of nitrogens with two attached hydrogens (primary N) is 1. The van der Waals surface area contributed by atoms with E-state index in [1.165, 1.54) is 12.1 Å². The molecule has 0 bridgehead atoms. The first-order chi connectivity index (χ1) is 10.6. The van der Waals surface area contributed by atoms with E-state index in [0.29, 0.717) is 23.0 Å². The molecule has 0 aliphatic rings. The van der Waals surface area contributed by atoms with Gasteiger partial charge in [-0.3, -0.25) is 0 Å².